The minimum Gasteiger partial charge on any atom is -0.480 e. The fraction of sp³-hybridized carbons (Fsp3) is 0.429. The highest BCUT2D eigenvalue weighted by Crippen LogP contribution is 2.20. The van der Waals surface area contributed by atoms with Crippen molar-refractivity contribution in [2.24, 2.45) is 0 Å². The molecule has 1 aliphatic rings. The summed E-state index contributed by atoms with van der Waals surface area (Å²) in [6.07, 6.45) is 1.43. The van der Waals surface area contributed by atoms with Gasteiger partial charge in [0, 0.05) is 6.42 Å². The van der Waals surface area contributed by atoms with Gasteiger partial charge in [-0.15, -0.1) is 0 Å². The Morgan fingerprint density at radius 1 is 1.21 bits per heavy atom. The van der Waals surface area contributed by atoms with Gasteiger partial charge in [-0.1, -0.05) is 17.8 Å². The van der Waals surface area contributed by atoms with Crippen LogP contribution in [0.5, 0.6) is 11.9 Å². The number of aliphatic hydroxyl groups excluding tert-OH is 1. The Morgan fingerprint density at radius 2 is 2.05 bits per heavy atom. The molecule has 1 aromatic rings. The van der Waals surface area contributed by atoms with E-state index in [1.165, 1.54) is 14.2 Å². The van der Waals surface area contributed by atoms with Gasteiger partial charge in [-0.05, 0) is 18.8 Å². The molecule has 0 aliphatic heterocycles. The Hall–Kier alpha value is -2.24. The monoisotopic (exact) mass is 258 g/mol. The molecule has 1 aliphatic carbocycles. The summed E-state index contributed by atoms with van der Waals surface area (Å²) in [6.45, 7) is 0. The molecule has 1 atom stereocenters. The zero-order valence-electron chi connectivity index (χ0n) is 10.9. The molecule has 98 valence electrons. The third-order valence-corrected chi connectivity index (χ3v) is 2.58. The van der Waals surface area contributed by atoms with Crippen molar-refractivity contribution in [3.05, 3.63) is 11.3 Å². The molecule has 0 radical (unpaired) electrons. The second-order valence-corrected chi connectivity index (χ2v) is 3.92. The minimum absolute atomic E-state index is 0.185. The number of rotatable bonds is 2. The number of ether oxygens (including phenoxy) is 2. The van der Waals surface area contributed by atoms with E-state index in [0.29, 0.717) is 30.0 Å². The number of aromatic nitrogens is 2. The normalized spacial score (nSPS) is 17.1. The molecule has 1 aromatic heterocycles. The highest BCUT2D eigenvalue weighted by Gasteiger charge is 2.13. The maximum absolute atomic E-state index is 9.69. The van der Waals surface area contributed by atoms with Gasteiger partial charge in [-0.3, -0.25) is 0 Å². The number of hydrogen-bond acceptors (Lipinski definition) is 5. The second kappa shape index (κ2) is 6.08. The smallest absolute Gasteiger partial charge is 0.320 e. The first-order valence-electron chi connectivity index (χ1n) is 5.93. The Morgan fingerprint density at radius 3 is 2.79 bits per heavy atom. The van der Waals surface area contributed by atoms with Crippen molar-refractivity contribution < 1.29 is 14.6 Å². The third kappa shape index (κ3) is 3.15. The van der Waals surface area contributed by atoms with Crippen LogP contribution in [0.15, 0.2) is 0 Å². The fourth-order valence-corrected chi connectivity index (χ4v) is 1.62. The van der Waals surface area contributed by atoms with Crippen LogP contribution >= 0.6 is 0 Å². The lowest BCUT2D eigenvalue weighted by molar-refractivity contribution is 0.219. The lowest BCUT2D eigenvalue weighted by Crippen LogP contribution is -2.05. The molecule has 0 spiro atoms. The quantitative estimate of drug-likeness (QED) is 0.793. The summed E-state index contributed by atoms with van der Waals surface area (Å²) in [5.41, 5.74) is 0.946. The standard InChI is InChI=1S/C14H14N2O3/c1-18-13-11-9-8-10(17)6-4-3-5-7-12(11)15-14(16-13)19-2/h10,17H,3-4,6H2,1-2H3. The van der Waals surface area contributed by atoms with Crippen molar-refractivity contribution in [3.63, 3.8) is 0 Å². The van der Waals surface area contributed by atoms with Gasteiger partial charge >= 0.3 is 6.01 Å². The molecule has 0 saturated carbocycles. The largest absolute Gasteiger partial charge is 0.480 e. The van der Waals surface area contributed by atoms with Crippen LogP contribution in [0.25, 0.3) is 0 Å². The Kier molecular flexibility index (Phi) is 4.22. The topological polar surface area (TPSA) is 64.5 Å². The van der Waals surface area contributed by atoms with Crippen LogP contribution in [-0.4, -0.2) is 35.4 Å². The SMILES string of the molecule is COc1nc2c(c(OC)n1)C#CC(O)CCCC#C2. The molecule has 5 nitrogen and oxygen atoms in total. The minimum atomic E-state index is -0.667. The van der Waals surface area contributed by atoms with Crippen LogP contribution < -0.4 is 9.47 Å². The van der Waals surface area contributed by atoms with Gasteiger partial charge in [-0.2, -0.15) is 9.97 Å². The molecule has 2 rings (SSSR count). The first-order chi connectivity index (χ1) is 9.24. The van der Waals surface area contributed by atoms with Gasteiger partial charge in [0.1, 0.15) is 17.4 Å². The van der Waals surface area contributed by atoms with Crippen molar-refractivity contribution in [1.82, 2.24) is 9.97 Å². The number of methoxy groups -OCH3 is 2. The molecule has 1 unspecified atom stereocenters. The fourth-order valence-electron chi connectivity index (χ4n) is 1.62. The Balaban J connectivity index is 2.58. The molecule has 19 heavy (non-hydrogen) atoms. The molecule has 0 amide bonds. The summed E-state index contributed by atoms with van der Waals surface area (Å²) in [7, 11) is 2.97. The molecular formula is C14H14N2O3. The maximum atomic E-state index is 9.69. The number of hydrogen-bond donors (Lipinski definition) is 1. The maximum Gasteiger partial charge on any atom is 0.320 e. The van der Waals surface area contributed by atoms with Gasteiger partial charge in [0.05, 0.1) is 14.2 Å². The number of fused-ring (bicyclic) bond motifs is 1. The van der Waals surface area contributed by atoms with Crippen molar-refractivity contribution in [1.29, 1.82) is 0 Å². The van der Waals surface area contributed by atoms with Crippen molar-refractivity contribution in [2.75, 3.05) is 14.2 Å². The van der Waals surface area contributed by atoms with E-state index >= 15 is 0 Å². The van der Waals surface area contributed by atoms with E-state index < -0.39 is 6.10 Å². The van der Waals surface area contributed by atoms with Crippen molar-refractivity contribution >= 4 is 0 Å². The van der Waals surface area contributed by atoms with Crippen LogP contribution in [0.1, 0.15) is 30.5 Å². The lowest BCUT2D eigenvalue weighted by atomic mass is 10.1. The highest BCUT2D eigenvalue weighted by atomic mass is 16.5. The average molecular weight is 258 g/mol. The molecule has 0 saturated heterocycles. The van der Waals surface area contributed by atoms with Crippen LogP contribution in [-0.2, 0) is 0 Å². The Bertz CT molecular complexity index is 590. The van der Waals surface area contributed by atoms with Gasteiger partial charge in [0.25, 0.3) is 0 Å². The molecular weight excluding hydrogens is 244 g/mol. The van der Waals surface area contributed by atoms with Crippen molar-refractivity contribution in [3.8, 4) is 35.6 Å². The van der Waals surface area contributed by atoms with E-state index in [4.69, 9.17) is 9.47 Å². The second-order valence-electron chi connectivity index (χ2n) is 3.92. The average Bonchev–Trinajstić information content (AvgIpc) is 2.44. The molecule has 5 heteroatoms. The number of nitrogens with zero attached hydrogens (tertiary/aromatic N) is 2. The first kappa shape index (κ1) is 13.2. The van der Waals surface area contributed by atoms with Crippen LogP contribution in [0, 0.1) is 23.7 Å². The summed E-state index contributed by atoms with van der Waals surface area (Å²) >= 11 is 0. The predicted octanol–water partition coefficient (Wildman–Crippen LogP) is 0.742. The van der Waals surface area contributed by atoms with E-state index in [-0.39, 0.29) is 6.01 Å². The number of aliphatic hydroxyl groups is 1. The Labute approximate surface area is 112 Å². The lowest BCUT2D eigenvalue weighted by Gasteiger charge is -2.07. The van der Waals surface area contributed by atoms with Gasteiger partial charge < -0.3 is 14.6 Å². The van der Waals surface area contributed by atoms with Crippen LogP contribution in [0.4, 0.5) is 0 Å². The van der Waals surface area contributed by atoms with Crippen LogP contribution in [0.3, 0.4) is 0 Å². The van der Waals surface area contributed by atoms with Crippen molar-refractivity contribution in [2.45, 2.75) is 25.4 Å². The molecule has 1 heterocycles. The van der Waals surface area contributed by atoms with E-state index in [9.17, 15) is 5.11 Å². The molecule has 0 bridgehead atoms. The summed E-state index contributed by atoms with van der Waals surface area (Å²) in [5, 5.41) is 9.69. The zero-order chi connectivity index (χ0) is 13.7. The van der Waals surface area contributed by atoms with Gasteiger partial charge in [0.15, 0.2) is 0 Å². The highest BCUT2D eigenvalue weighted by molar-refractivity contribution is 5.52. The summed E-state index contributed by atoms with van der Waals surface area (Å²) in [5.74, 6) is 11.9. The third-order valence-electron chi connectivity index (χ3n) is 2.58. The van der Waals surface area contributed by atoms with E-state index in [1.807, 2.05) is 0 Å². The zero-order valence-corrected chi connectivity index (χ0v) is 10.9. The molecule has 0 fully saturated rings. The molecule has 1 N–H and O–H groups in total. The van der Waals surface area contributed by atoms with Crippen LogP contribution in [0.2, 0.25) is 0 Å². The van der Waals surface area contributed by atoms with Gasteiger partial charge in [-0.25, -0.2) is 0 Å². The van der Waals surface area contributed by atoms with E-state index in [0.717, 1.165) is 6.42 Å². The summed E-state index contributed by atoms with van der Waals surface area (Å²) < 4.78 is 10.2. The molecule has 0 aromatic carbocycles. The van der Waals surface area contributed by atoms with E-state index in [2.05, 4.69) is 33.6 Å². The van der Waals surface area contributed by atoms with Gasteiger partial charge in [0.2, 0.25) is 5.88 Å². The van der Waals surface area contributed by atoms with E-state index in [1.54, 1.807) is 0 Å². The summed E-state index contributed by atoms with van der Waals surface area (Å²) in [6, 6.07) is 0.185. The predicted molar refractivity (Wildman–Crippen MR) is 68.7 cm³/mol. The summed E-state index contributed by atoms with van der Waals surface area (Å²) in [4.78, 5) is 8.24. The first-order valence-corrected chi connectivity index (χ1v) is 5.93.